The van der Waals surface area contributed by atoms with Crippen LogP contribution < -0.4 is 42.5 Å². The fourth-order valence-electron chi connectivity index (χ4n) is 8.75. The van der Waals surface area contributed by atoms with Gasteiger partial charge in [0.25, 0.3) is 0 Å². The minimum Gasteiger partial charge on any atom is -0.375 e. The van der Waals surface area contributed by atoms with Crippen molar-refractivity contribution in [3.05, 3.63) is 12.2 Å². The van der Waals surface area contributed by atoms with Crippen LogP contribution >= 0.6 is 0 Å². The van der Waals surface area contributed by atoms with Crippen LogP contribution in [-0.2, 0) is 14.2 Å². The second-order valence-corrected chi connectivity index (χ2v) is 15.4. The van der Waals surface area contributed by atoms with Crippen molar-refractivity contribution in [2.75, 3.05) is 105 Å². The third-order valence-electron chi connectivity index (χ3n) is 12.2. The Kier molecular flexibility index (Phi) is 14.6. The molecule has 0 bridgehead atoms. The van der Waals surface area contributed by atoms with Crippen LogP contribution in [0.1, 0.15) is 64.2 Å². The van der Waals surface area contributed by atoms with Gasteiger partial charge in [0.15, 0.2) is 0 Å². The first-order valence-electron chi connectivity index (χ1n) is 19.5. The van der Waals surface area contributed by atoms with E-state index in [0.29, 0.717) is 41.9 Å². The number of ether oxygens (including phenoxy) is 3. The van der Waals surface area contributed by atoms with E-state index in [0.717, 1.165) is 90.6 Å². The lowest BCUT2D eigenvalue weighted by atomic mass is 9.63. The van der Waals surface area contributed by atoms with E-state index in [1.807, 2.05) is 0 Å². The van der Waals surface area contributed by atoms with E-state index in [1.54, 1.807) is 0 Å². The van der Waals surface area contributed by atoms with Crippen LogP contribution in [0.3, 0.4) is 0 Å². The molecule has 6 unspecified atom stereocenters. The number of morpholine rings is 3. The smallest absolute Gasteiger partial charge is 0.0865 e. The first kappa shape index (κ1) is 36.1. The van der Waals surface area contributed by atoms with Crippen LogP contribution in [0.4, 0.5) is 0 Å². The molecule has 47 heavy (non-hydrogen) atoms. The van der Waals surface area contributed by atoms with Gasteiger partial charge in [-0.1, -0.05) is 18.6 Å². The molecule has 0 aromatic carbocycles. The Morgan fingerprint density at radius 1 is 0.468 bits per heavy atom. The SMILES string of the molecule is C1=CC2(C1)CCNCC2.C1CC2(C1)CCNCC2.C1CC2NCCOC2CN1.C1CC2OCCNC2CN1.C1COC2CNCC2N1. The molecule has 0 radical (unpaired) electrons. The van der Waals surface area contributed by atoms with E-state index in [4.69, 9.17) is 14.2 Å². The van der Waals surface area contributed by atoms with Crippen molar-refractivity contribution in [3.8, 4) is 0 Å². The van der Waals surface area contributed by atoms with Gasteiger partial charge in [0.2, 0.25) is 0 Å². The summed E-state index contributed by atoms with van der Waals surface area (Å²) < 4.78 is 16.6. The summed E-state index contributed by atoms with van der Waals surface area (Å²) in [7, 11) is 0. The van der Waals surface area contributed by atoms with Crippen LogP contribution in [0, 0.1) is 10.8 Å². The Morgan fingerprint density at radius 2 is 1.00 bits per heavy atom. The van der Waals surface area contributed by atoms with E-state index in [9.17, 15) is 0 Å². The molecule has 8 heterocycles. The van der Waals surface area contributed by atoms with Crippen LogP contribution in [0.15, 0.2) is 12.2 Å². The van der Waals surface area contributed by atoms with Gasteiger partial charge in [-0.2, -0.15) is 0 Å². The summed E-state index contributed by atoms with van der Waals surface area (Å²) in [6.45, 7) is 17.2. The Bertz CT molecular complexity index is 817. The molecular weight excluding hydrogens is 592 g/mol. The fraction of sp³-hybridized carbons (Fsp3) is 0.944. The Hall–Kier alpha value is -0.700. The lowest BCUT2D eigenvalue weighted by molar-refractivity contribution is -0.0180. The highest BCUT2D eigenvalue weighted by Crippen LogP contribution is 2.47. The van der Waals surface area contributed by atoms with E-state index < -0.39 is 0 Å². The molecule has 270 valence electrons. The molecule has 6 atom stereocenters. The van der Waals surface area contributed by atoms with Gasteiger partial charge in [-0.05, 0) is 108 Å². The summed E-state index contributed by atoms with van der Waals surface area (Å²) >= 11 is 0. The van der Waals surface area contributed by atoms with E-state index in [2.05, 4.69) is 54.7 Å². The molecule has 2 spiro atoms. The first-order chi connectivity index (χ1) is 23.2. The third-order valence-corrected chi connectivity index (χ3v) is 12.2. The summed E-state index contributed by atoms with van der Waals surface area (Å²) in [6.07, 6.45) is 19.9. The van der Waals surface area contributed by atoms with Crippen LogP contribution in [-0.4, -0.2) is 141 Å². The maximum atomic E-state index is 5.58. The van der Waals surface area contributed by atoms with Crippen molar-refractivity contribution >= 4 is 0 Å². The Balaban J connectivity index is 0.000000103. The van der Waals surface area contributed by atoms with E-state index >= 15 is 0 Å². The molecule has 0 aromatic rings. The molecule has 11 heteroatoms. The maximum Gasteiger partial charge on any atom is 0.0865 e. The molecule has 2 aliphatic carbocycles. The number of allylic oxidation sites excluding steroid dienone is 2. The molecule has 1 saturated carbocycles. The lowest BCUT2D eigenvalue weighted by Gasteiger charge is -2.45. The van der Waals surface area contributed by atoms with Gasteiger partial charge in [-0.3, -0.25) is 0 Å². The van der Waals surface area contributed by atoms with Crippen LogP contribution in [0.2, 0.25) is 0 Å². The molecule has 8 aliphatic heterocycles. The zero-order valence-corrected chi connectivity index (χ0v) is 29.2. The number of hydrogen-bond acceptors (Lipinski definition) is 11. The average molecular weight is 661 g/mol. The number of piperidine rings is 4. The lowest BCUT2D eigenvalue weighted by Crippen LogP contribution is -2.57. The van der Waals surface area contributed by atoms with Gasteiger partial charge in [-0.25, -0.2) is 0 Å². The quantitative estimate of drug-likeness (QED) is 0.173. The number of fused-ring (bicyclic) bond motifs is 3. The molecule has 10 rings (SSSR count). The highest BCUT2D eigenvalue weighted by atomic mass is 16.5. The molecule has 11 nitrogen and oxygen atoms in total. The molecule has 8 N–H and O–H groups in total. The van der Waals surface area contributed by atoms with Crippen molar-refractivity contribution in [1.82, 2.24) is 42.5 Å². The minimum absolute atomic E-state index is 0.433. The van der Waals surface area contributed by atoms with Gasteiger partial charge in [0, 0.05) is 63.9 Å². The molecule has 0 aromatic heterocycles. The summed E-state index contributed by atoms with van der Waals surface area (Å²) in [6, 6.07) is 1.77. The number of hydrogen-bond donors (Lipinski definition) is 8. The summed E-state index contributed by atoms with van der Waals surface area (Å²) in [5, 5.41) is 27.0. The molecule has 0 amide bonds. The first-order valence-corrected chi connectivity index (χ1v) is 19.5. The van der Waals surface area contributed by atoms with Crippen molar-refractivity contribution in [1.29, 1.82) is 0 Å². The summed E-state index contributed by atoms with van der Waals surface area (Å²) in [5.41, 5.74) is 1.50. The molecule has 9 fully saturated rings. The van der Waals surface area contributed by atoms with Crippen molar-refractivity contribution in [2.45, 2.75) is 101 Å². The second-order valence-electron chi connectivity index (χ2n) is 15.4. The van der Waals surface area contributed by atoms with Crippen molar-refractivity contribution < 1.29 is 14.2 Å². The second kappa shape index (κ2) is 19.1. The minimum atomic E-state index is 0.433. The summed E-state index contributed by atoms with van der Waals surface area (Å²) in [4.78, 5) is 0. The predicted molar refractivity (Wildman–Crippen MR) is 189 cm³/mol. The summed E-state index contributed by atoms with van der Waals surface area (Å²) in [5.74, 6) is 0. The van der Waals surface area contributed by atoms with Crippen LogP contribution in [0.5, 0.6) is 0 Å². The highest BCUT2D eigenvalue weighted by Gasteiger charge is 2.37. The standard InChI is InChI=1S/C8H15N.C8H13N.2C7H14N2O.C6H12N2O/c2*1-2-8(3-1)4-6-9-7-5-8;1-2-8-5-6-7(1)10-4-3-9-6;1-2-8-5-7-6(1)9-3-4-10-7;1-2-9-6-4-7-3-5(6)8-1/h9H,1-7H2;1-2,9H,3-7H2;2*6-9H,1-5H2;5-8H,1-4H2. The average Bonchev–Trinajstić information content (AvgIpc) is 3.62. The topological polar surface area (TPSA) is 124 Å². The number of rotatable bonds is 0. The predicted octanol–water partition coefficient (Wildman–Crippen LogP) is 0.476. The zero-order valence-electron chi connectivity index (χ0n) is 29.2. The monoisotopic (exact) mass is 661 g/mol. The van der Waals surface area contributed by atoms with E-state index in [-0.39, 0.29) is 0 Å². The van der Waals surface area contributed by atoms with Crippen molar-refractivity contribution in [3.63, 3.8) is 0 Å². The third kappa shape index (κ3) is 10.9. The van der Waals surface area contributed by atoms with Gasteiger partial charge >= 0.3 is 0 Å². The van der Waals surface area contributed by atoms with Gasteiger partial charge in [-0.15, -0.1) is 0 Å². The molecule has 10 aliphatic rings. The largest absolute Gasteiger partial charge is 0.375 e. The normalized spacial score (nSPS) is 37.4. The highest BCUT2D eigenvalue weighted by molar-refractivity contribution is 5.14. The van der Waals surface area contributed by atoms with Crippen molar-refractivity contribution in [2.24, 2.45) is 10.8 Å². The van der Waals surface area contributed by atoms with Gasteiger partial charge in [0.1, 0.15) is 0 Å². The van der Waals surface area contributed by atoms with Gasteiger partial charge in [0.05, 0.1) is 38.1 Å². The fourth-order valence-corrected chi connectivity index (χ4v) is 8.75. The van der Waals surface area contributed by atoms with E-state index in [1.165, 1.54) is 84.0 Å². The molecule has 8 saturated heterocycles. The number of nitrogens with one attached hydrogen (secondary N) is 8. The maximum absolute atomic E-state index is 5.58. The zero-order chi connectivity index (χ0) is 32.0. The van der Waals surface area contributed by atoms with Crippen LogP contribution in [0.25, 0.3) is 0 Å². The Labute approximate surface area is 285 Å². The Morgan fingerprint density at radius 3 is 1.53 bits per heavy atom. The van der Waals surface area contributed by atoms with Gasteiger partial charge < -0.3 is 56.7 Å². The molecular formula is C36H68N8O3.